The van der Waals surface area contributed by atoms with Crippen LogP contribution in [0.25, 0.3) is 11.3 Å². The van der Waals surface area contributed by atoms with Gasteiger partial charge in [0.2, 0.25) is 0 Å². The van der Waals surface area contributed by atoms with Gasteiger partial charge >= 0.3 is 0 Å². The summed E-state index contributed by atoms with van der Waals surface area (Å²) in [5.41, 5.74) is 2.66. The fraction of sp³-hybridized carbons (Fsp3) is 0.231. The van der Waals surface area contributed by atoms with Crippen molar-refractivity contribution >= 4 is 34.8 Å². The topological polar surface area (TPSA) is 25.8 Å². The van der Waals surface area contributed by atoms with Gasteiger partial charge in [-0.2, -0.15) is 0 Å². The smallest absolute Gasteiger partial charge is 0.136 e. The zero-order valence-corrected chi connectivity index (χ0v) is 12.0. The maximum Gasteiger partial charge on any atom is 0.136 e. The van der Waals surface area contributed by atoms with Crippen LogP contribution in [-0.2, 0) is 6.42 Å². The molecule has 2 aromatic rings. The lowest BCUT2D eigenvalue weighted by Crippen LogP contribution is -1.96. The first-order valence-corrected chi connectivity index (χ1v) is 6.71. The Labute approximate surface area is 121 Å². The highest BCUT2D eigenvalue weighted by molar-refractivity contribution is 6.42. The van der Waals surface area contributed by atoms with Crippen LogP contribution < -0.4 is 0 Å². The average molecular weight is 302 g/mol. The van der Waals surface area contributed by atoms with Gasteiger partial charge in [0, 0.05) is 11.1 Å². The second-order valence-electron chi connectivity index (χ2n) is 3.87. The Morgan fingerprint density at radius 1 is 1.06 bits per heavy atom. The highest BCUT2D eigenvalue weighted by Gasteiger charge is 2.12. The SMILES string of the molecule is CCCc1c(Cl)ncnc1-c1ccc(Cl)c(Cl)c1. The normalized spacial score (nSPS) is 10.7. The molecule has 2 rings (SSSR count). The van der Waals surface area contributed by atoms with Gasteiger partial charge in [0.05, 0.1) is 15.7 Å². The van der Waals surface area contributed by atoms with Gasteiger partial charge < -0.3 is 0 Å². The van der Waals surface area contributed by atoms with Crippen molar-refractivity contribution in [3.8, 4) is 11.3 Å². The van der Waals surface area contributed by atoms with E-state index in [1.165, 1.54) is 6.33 Å². The Hall–Kier alpha value is -0.830. The van der Waals surface area contributed by atoms with Crippen LogP contribution in [0.1, 0.15) is 18.9 Å². The summed E-state index contributed by atoms with van der Waals surface area (Å²) in [5.74, 6) is 0. The number of hydrogen-bond acceptors (Lipinski definition) is 2. The molecular formula is C13H11Cl3N2. The summed E-state index contributed by atoms with van der Waals surface area (Å²) in [6, 6.07) is 5.43. The largest absolute Gasteiger partial charge is 0.236 e. The summed E-state index contributed by atoms with van der Waals surface area (Å²) in [4.78, 5) is 8.32. The average Bonchev–Trinajstić information content (AvgIpc) is 2.35. The molecule has 0 aliphatic rings. The fourth-order valence-corrected chi connectivity index (χ4v) is 2.28. The van der Waals surface area contributed by atoms with Gasteiger partial charge in [-0.15, -0.1) is 0 Å². The molecule has 0 radical (unpaired) electrons. The molecule has 0 unspecified atom stereocenters. The molecule has 0 saturated carbocycles. The number of hydrogen-bond donors (Lipinski definition) is 0. The summed E-state index contributed by atoms with van der Waals surface area (Å²) in [6.45, 7) is 2.09. The van der Waals surface area contributed by atoms with Gasteiger partial charge in [-0.05, 0) is 18.6 Å². The van der Waals surface area contributed by atoms with Crippen molar-refractivity contribution in [3.63, 3.8) is 0 Å². The highest BCUT2D eigenvalue weighted by atomic mass is 35.5. The molecule has 2 nitrogen and oxygen atoms in total. The number of rotatable bonds is 3. The van der Waals surface area contributed by atoms with E-state index >= 15 is 0 Å². The van der Waals surface area contributed by atoms with Gasteiger partial charge in [-0.3, -0.25) is 0 Å². The number of nitrogens with zero attached hydrogens (tertiary/aromatic N) is 2. The van der Waals surface area contributed by atoms with E-state index in [-0.39, 0.29) is 0 Å². The van der Waals surface area contributed by atoms with Crippen molar-refractivity contribution in [3.05, 3.63) is 45.3 Å². The maximum absolute atomic E-state index is 6.12. The van der Waals surface area contributed by atoms with E-state index < -0.39 is 0 Å². The number of aromatic nitrogens is 2. The first kappa shape index (κ1) is 13.6. The molecule has 0 aliphatic heterocycles. The Morgan fingerprint density at radius 3 is 2.50 bits per heavy atom. The molecule has 18 heavy (non-hydrogen) atoms. The van der Waals surface area contributed by atoms with Crippen molar-refractivity contribution in [1.82, 2.24) is 9.97 Å². The van der Waals surface area contributed by atoms with Gasteiger partial charge in [-0.25, -0.2) is 9.97 Å². The van der Waals surface area contributed by atoms with Crippen LogP contribution in [0.4, 0.5) is 0 Å². The monoisotopic (exact) mass is 300 g/mol. The van der Waals surface area contributed by atoms with Crippen molar-refractivity contribution in [2.75, 3.05) is 0 Å². The van der Waals surface area contributed by atoms with Crippen LogP contribution in [0.3, 0.4) is 0 Å². The number of halogens is 3. The first-order valence-electron chi connectivity index (χ1n) is 5.58. The predicted octanol–water partition coefficient (Wildman–Crippen LogP) is 5.06. The zero-order valence-electron chi connectivity index (χ0n) is 9.75. The quantitative estimate of drug-likeness (QED) is 0.741. The second-order valence-corrected chi connectivity index (χ2v) is 5.04. The summed E-state index contributed by atoms with van der Waals surface area (Å²) in [7, 11) is 0. The molecule has 0 bridgehead atoms. The van der Waals surface area contributed by atoms with Gasteiger partial charge in [-0.1, -0.05) is 54.2 Å². The van der Waals surface area contributed by atoms with E-state index in [1.54, 1.807) is 12.1 Å². The third kappa shape index (κ3) is 2.77. The van der Waals surface area contributed by atoms with Crippen LogP contribution in [0.2, 0.25) is 15.2 Å². The predicted molar refractivity (Wildman–Crippen MR) is 76.5 cm³/mol. The fourth-order valence-electron chi connectivity index (χ4n) is 1.75. The summed E-state index contributed by atoms with van der Waals surface area (Å²) in [6.07, 6.45) is 3.26. The van der Waals surface area contributed by atoms with Gasteiger partial charge in [0.1, 0.15) is 11.5 Å². The van der Waals surface area contributed by atoms with Crippen molar-refractivity contribution < 1.29 is 0 Å². The molecule has 0 fully saturated rings. The third-order valence-corrected chi connectivity index (χ3v) is 3.65. The summed E-state index contributed by atoms with van der Waals surface area (Å²) >= 11 is 18.1. The van der Waals surface area contributed by atoms with Gasteiger partial charge in [0.15, 0.2) is 0 Å². The highest BCUT2D eigenvalue weighted by Crippen LogP contribution is 2.31. The van der Waals surface area contributed by atoms with E-state index in [2.05, 4.69) is 16.9 Å². The lowest BCUT2D eigenvalue weighted by Gasteiger charge is -2.09. The molecule has 0 amide bonds. The Bertz CT molecular complexity index is 570. The second kappa shape index (κ2) is 5.87. The molecule has 0 saturated heterocycles. The lowest BCUT2D eigenvalue weighted by atomic mass is 10.0. The molecule has 0 N–H and O–H groups in total. The van der Waals surface area contributed by atoms with E-state index in [0.717, 1.165) is 29.7 Å². The Morgan fingerprint density at radius 2 is 1.83 bits per heavy atom. The molecule has 0 spiro atoms. The molecule has 1 heterocycles. The minimum atomic E-state index is 0.493. The molecule has 5 heteroatoms. The summed E-state index contributed by atoms with van der Waals surface area (Å²) < 4.78 is 0. The molecule has 94 valence electrons. The third-order valence-electron chi connectivity index (χ3n) is 2.59. The molecule has 0 aliphatic carbocycles. The van der Waals surface area contributed by atoms with Crippen LogP contribution in [0, 0.1) is 0 Å². The minimum Gasteiger partial charge on any atom is -0.236 e. The minimum absolute atomic E-state index is 0.493. The van der Waals surface area contributed by atoms with Gasteiger partial charge in [0.25, 0.3) is 0 Å². The van der Waals surface area contributed by atoms with E-state index in [0.29, 0.717) is 15.2 Å². The van der Waals surface area contributed by atoms with E-state index in [9.17, 15) is 0 Å². The molecular weight excluding hydrogens is 291 g/mol. The van der Waals surface area contributed by atoms with Crippen molar-refractivity contribution in [2.45, 2.75) is 19.8 Å². The van der Waals surface area contributed by atoms with Crippen LogP contribution in [0.5, 0.6) is 0 Å². The van der Waals surface area contributed by atoms with Crippen LogP contribution in [0.15, 0.2) is 24.5 Å². The zero-order chi connectivity index (χ0) is 13.1. The molecule has 1 aromatic carbocycles. The summed E-state index contributed by atoms with van der Waals surface area (Å²) in [5, 5.41) is 1.52. The number of benzene rings is 1. The Balaban J connectivity index is 2.55. The van der Waals surface area contributed by atoms with Crippen molar-refractivity contribution in [2.24, 2.45) is 0 Å². The van der Waals surface area contributed by atoms with Crippen LogP contribution in [-0.4, -0.2) is 9.97 Å². The first-order chi connectivity index (χ1) is 8.63. The molecule has 0 atom stereocenters. The van der Waals surface area contributed by atoms with Crippen LogP contribution >= 0.6 is 34.8 Å². The maximum atomic E-state index is 6.12. The van der Waals surface area contributed by atoms with E-state index in [4.69, 9.17) is 34.8 Å². The molecule has 1 aromatic heterocycles. The Kier molecular flexibility index (Phi) is 4.44. The van der Waals surface area contributed by atoms with E-state index in [1.807, 2.05) is 6.07 Å². The van der Waals surface area contributed by atoms with Crippen molar-refractivity contribution in [1.29, 1.82) is 0 Å². The lowest BCUT2D eigenvalue weighted by molar-refractivity contribution is 0.904. The standard InChI is InChI=1S/C13H11Cl3N2/c1-2-3-9-12(17-7-18-13(9)16)8-4-5-10(14)11(15)6-8/h4-7H,2-3H2,1H3.